The van der Waals surface area contributed by atoms with Crippen LogP contribution in [0.4, 0.5) is 11.5 Å². The number of hydrogen-bond donors (Lipinski definition) is 1. The van der Waals surface area contributed by atoms with Gasteiger partial charge in [0, 0.05) is 13.1 Å². The standard InChI is InChI=1S/C14H23N3/c1-10-6-4-5-7-13(10)17(3)14-9-8-12(15)11(2)16-14/h8-10,13H,4-7,15H2,1-3H3. The molecule has 2 unspecified atom stereocenters. The van der Waals surface area contributed by atoms with Crippen LogP contribution in [-0.2, 0) is 0 Å². The van der Waals surface area contributed by atoms with Gasteiger partial charge in [-0.05, 0) is 37.8 Å². The van der Waals surface area contributed by atoms with Crippen LogP contribution >= 0.6 is 0 Å². The van der Waals surface area contributed by atoms with Gasteiger partial charge in [-0.15, -0.1) is 0 Å². The molecule has 2 N–H and O–H groups in total. The Morgan fingerprint density at radius 1 is 1.29 bits per heavy atom. The van der Waals surface area contributed by atoms with E-state index in [0.29, 0.717) is 6.04 Å². The second kappa shape index (κ2) is 4.94. The number of anilines is 2. The third-order valence-corrected chi connectivity index (χ3v) is 4.04. The van der Waals surface area contributed by atoms with Gasteiger partial charge in [-0.1, -0.05) is 19.8 Å². The van der Waals surface area contributed by atoms with E-state index in [4.69, 9.17) is 5.73 Å². The predicted molar refractivity (Wildman–Crippen MR) is 73.2 cm³/mol. The van der Waals surface area contributed by atoms with E-state index in [1.54, 1.807) is 0 Å². The monoisotopic (exact) mass is 233 g/mol. The van der Waals surface area contributed by atoms with E-state index in [1.165, 1.54) is 25.7 Å². The summed E-state index contributed by atoms with van der Waals surface area (Å²) in [6.45, 7) is 4.32. The average molecular weight is 233 g/mol. The van der Waals surface area contributed by atoms with Crippen LogP contribution in [0.1, 0.15) is 38.3 Å². The summed E-state index contributed by atoms with van der Waals surface area (Å²) in [4.78, 5) is 6.91. The lowest BCUT2D eigenvalue weighted by molar-refractivity contribution is 0.320. The number of hydrogen-bond acceptors (Lipinski definition) is 3. The smallest absolute Gasteiger partial charge is 0.128 e. The molecule has 1 aromatic rings. The summed E-state index contributed by atoms with van der Waals surface area (Å²) in [6.07, 6.45) is 5.33. The van der Waals surface area contributed by atoms with E-state index in [9.17, 15) is 0 Å². The Bertz CT molecular complexity index is 389. The van der Waals surface area contributed by atoms with E-state index < -0.39 is 0 Å². The second-order valence-electron chi connectivity index (χ2n) is 5.28. The van der Waals surface area contributed by atoms with Gasteiger partial charge in [0.1, 0.15) is 5.82 Å². The highest BCUT2D eigenvalue weighted by Gasteiger charge is 2.25. The maximum absolute atomic E-state index is 5.81. The molecular weight excluding hydrogens is 210 g/mol. The third-order valence-electron chi connectivity index (χ3n) is 4.04. The van der Waals surface area contributed by atoms with Gasteiger partial charge in [0.2, 0.25) is 0 Å². The molecule has 1 aromatic heterocycles. The van der Waals surface area contributed by atoms with Crippen molar-refractivity contribution in [2.24, 2.45) is 5.92 Å². The molecule has 1 aliphatic carbocycles. The molecule has 1 saturated carbocycles. The van der Waals surface area contributed by atoms with Crippen molar-refractivity contribution < 1.29 is 0 Å². The first kappa shape index (κ1) is 12.2. The Labute approximate surface area is 104 Å². The van der Waals surface area contributed by atoms with Gasteiger partial charge in [-0.2, -0.15) is 0 Å². The first-order valence-electron chi connectivity index (χ1n) is 6.55. The molecule has 1 heterocycles. The van der Waals surface area contributed by atoms with Crippen molar-refractivity contribution in [2.45, 2.75) is 45.6 Å². The number of pyridine rings is 1. The molecule has 0 spiro atoms. The zero-order valence-electron chi connectivity index (χ0n) is 11.1. The number of nitrogens with two attached hydrogens (primary N) is 1. The van der Waals surface area contributed by atoms with E-state index in [0.717, 1.165) is 23.1 Å². The highest BCUT2D eigenvalue weighted by molar-refractivity contribution is 5.50. The topological polar surface area (TPSA) is 42.2 Å². The van der Waals surface area contributed by atoms with Crippen LogP contribution in [-0.4, -0.2) is 18.1 Å². The maximum Gasteiger partial charge on any atom is 0.128 e. The largest absolute Gasteiger partial charge is 0.397 e. The van der Waals surface area contributed by atoms with Crippen LogP contribution in [0, 0.1) is 12.8 Å². The summed E-state index contributed by atoms with van der Waals surface area (Å²) in [5.74, 6) is 1.81. The fraction of sp³-hybridized carbons (Fsp3) is 0.643. The van der Waals surface area contributed by atoms with E-state index in [1.807, 2.05) is 19.1 Å². The van der Waals surface area contributed by atoms with Crippen molar-refractivity contribution in [3.63, 3.8) is 0 Å². The van der Waals surface area contributed by atoms with E-state index >= 15 is 0 Å². The van der Waals surface area contributed by atoms with Gasteiger partial charge < -0.3 is 10.6 Å². The number of nitrogens with zero attached hydrogens (tertiary/aromatic N) is 2. The zero-order chi connectivity index (χ0) is 12.4. The van der Waals surface area contributed by atoms with Gasteiger partial charge in [0.05, 0.1) is 11.4 Å². The van der Waals surface area contributed by atoms with Crippen molar-refractivity contribution in [3.8, 4) is 0 Å². The van der Waals surface area contributed by atoms with Crippen LogP contribution < -0.4 is 10.6 Å². The number of rotatable bonds is 2. The lowest BCUT2D eigenvalue weighted by Gasteiger charge is -2.37. The molecule has 2 atom stereocenters. The molecule has 0 aliphatic heterocycles. The predicted octanol–water partition coefficient (Wildman–Crippen LogP) is 2.99. The molecule has 0 radical (unpaired) electrons. The fourth-order valence-corrected chi connectivity index (χ4v) is 2.80. The van der Waals surface area contributed by atoms with Gasteiger partial charge in [-0.25, -0.2) is 4.98 Å². The molecule has 0 aromatic carbocycles. The van der Waals surface area contributed by atoms with Crippen molar-refractivity contribution in [3.05, 3.63) is 17.8 Å². The second-order valence-corrected chi connectivity index (χ2v) is 5.28. The van der Waals surface area contributed by atoms with Gasteiger partial charge >= 0.3 is 0 Å². The number of aromatic nitrogens is 1. The summed E-state index contributed by atoms with van der Waals surface area (Å²) < 4.78 is 0. The number of aryl methyl sites for hydroxylation is 1. The summed E-state index contributed by atoms with van der Waals surface area (Å²) in [5, 5.41) is 0. The summed E-state index contributed by atoms with van der Waals surface area (Å²) in [6, 6.07) is 4.62. The van der Waals surface area contributed by atoms with Gasteiger partial charge in [0.25, 0.3) is 0 Å². The van der Waals surface area contributed by atoms with Gasteiger partial charge in [-0.3, -0.25) is 0 Å². The van der Waals surface area contributed by atoms with Crippen molar-refractivity contribution in [1.29, 1.82) is 0 Å². The first-order chi connectivity index (χ1) is 8.09. The molecule has 0 amide bonds. The minimum absolute atomic E-state index is 0.624. The van der Waals surface area contributed by atoms with Gasteiger partial charge in [0.15, 0.2) is 0 Å². The lowest BCUT2D eigenvalue weighted by atomic mass is 9.85. The van der Waals surface area contributed by atoms with E-state index in [-0.39, 0.29) is 0 Å². The van der Waals surface area contributed by atoms with E-state index in [2.05, 4.69) is 23.9 Å². The molecule has 1 aliphatic rings. The quantitative estimate of drug-likeness (QED) is 0.854. The van der Waals surface area contributed by atoms with Crippen molar-refractivity contribution >= 4 is 11.5 Å². The molecule has 3 nitrogen and oxygen atoms in total. The molecule has 0 bridgehead atoms. The summed E-state index contributed by atoms with van der Waals surface area (Å²) in [7, 11) is 2.16. The molecule has 2 rings (SSSR count). The molecule has 0 saturated heterocycles. The normalized spacial score (nSPS) is 24.6. The minimum Gasteiger partial charge on any atom is -0.397 e. The molecular formula is C14H23N3. The summed E-state index contributed by atoms with van der Waals surface area (Å²) >= 11 is 0. The first-order valence-corrected chi connectivity index (χ1v) is 6.55. The van der Waals surface area contributed by atoms with Crippen LogP contribution in [0.25, 0.3) is 0 Å². The minimum atomic E-state index is 0.624. The Hall–Kier alpha value is -1.25. The van der Waals surface area contributed by atoms with Crippen molar-refractivity contribution in [2.75, 3.05) is 17.7 Å². The molecule has 1 fully saturated rings. The zero-order valence-corrected chi connectivity index (χ0v) is 11.1. The van der Waals surface area contributed by atoms with Crippen molar-refractivity contribution in [1.82, 2.24) is 4.98 Å². The highest BCUT2D eigenvalue weighted by atomic mass is 15.2. The maximum atomic E-state index is 5.81. The van der Waals surface area contributed by atoms with Crippen LogP contribution in [0.2, 0.25) is 0 Å². The SMILES string of the molecule is Cc1nc(N(C)C2CCCCC2C)ccc1N. The Morgan fingerprint density at radius 2 is 2.00 bits per heavy atom. The Kier molecular flexibility index (Phi) is 3.55. The molecule has 94 valence electrons. The summed E-state index contributed by atoms with van der Waals surface area (Å²) in [5.41, 5.74) is 7.52. The van der Waals surface area contributed by atoms with Crippen LogP contribution in [0.3, 0.4) is 0 Å². The number of nitrogen functional groups attached to an aromatic ring is 1. The molecule has 3 heteroatoms. The Morgan fingerprint density at radius 3 is 2.65 bits per heavy atom. The van der Waals surface area contributed by atoms with Crippen LogP contribution in [0.15, 0.2) is 12.1 Å². The third kappa shape index (κ3) is 2.54. The average Bonchev–Trinajstić information content (AvgIpc) is 2.32. The molecule has 17 heavy (non-hydrogen) atoms. The van der Waals surface area contributed by atoms with Crippen LogP contribution in [0.5, 0.6) is 0 Å². The lowest BCUT2D eigenvalue weighted by Crippen LogP contribution is -2.39. The fourth-order valence-electron chi connectivity index (χ4n) is 2.80. The Balaban J connectivity index is 2.17. The highest BCUT2D eigenvalue weighted by Crippen LogP contribution is 2.30.